The van der Waals surface area contributed by atoms with E-state index >= 15 is 0 Å². The topological polar surface area (TPSA) is 55.1 Å². The van der Waals surface area contributed by atoms with Gasteiger partial charge in [0.1, 0.15) is 5.82 Å². The molecule has 0 saturated heterocycles. The second-order valence-corrected chi connectivity index (χ2v) is 6.62. The summed E-state index contributed by atoms with van der Waals surface area (Å²) < 4.78 is 2.13. The summed E-state index contributed by atoms with van der Waals surface area (Å²) in [6.45, 7) is 9.54. The molecule has 18 heavy (non-hydrogen) atoms. The van der Waals surface area contributed by atoms with E-state index in [0.29, 0.717) is 5.92 Å². The van der Waals surface area contributed by atoms with Crippen LogP contribution < -0.4 is 0 Å². The fourth-order valence-electron chi connectivity index (χ4n) is 2.57. The summed E-state index contributed by atoms with van der Waals surface area (Å²) in [5, 5.41) is 9.26. The molecule has 0 amide bonds. The first kappa shape index (κ1) is 13.1. The summed E-state index contributed by atoms with van der Waals surface area (Å²) in [6.07, 6.45) is 2.76. The molecule has 0 spiro atoms. The third-order valence-corrected chi connectivity index (χ3v) is 3.43. The Bertz CT molecular complexity index is 469. The smallest absolute Gasteiger partial charge is 0.356 e. The van der Waals surface area contributed by atoms with Crippen LogP contribution in [0.2, 0.25) is 0 Å². The van der Waals surface area contributed by atoms with E-state index in [-0.39, 0.29) is 11.1 Å². The van der Waals surface area contributed by atoms with Gasteiger partial charge in [-0.15, -0.1) is 0 Å². The number of aromatic nitrogens is 2. The van der Waals surface area contributed by atoms with Crippen molar-refractivity contribution in [2.45, 2.75) is 53.5 Å². The summed E-state index contributed by atoms with van der Waals surface area (Å²) in [4.78, 5) is 15.7. The highest BCUT2D eigenvalue weighted by Gasteiger charge is 2.28. The highest BCUT2D eigenvalue weighted by Crippen LogP contribution is 2.28. The summed E-state index contributed by atoms with van der Waals surface area (Å²) in [5.41, 5.74) is 1.31. The fraction of sp³-hybridized carbons (Fsp3) is 0.714. The Morgan fingerprint density at radius 3 is 2.72 bits per heavy atom. The van der Waals surface area contributed by atoms with E-state index in [4.69, 9.17) is 0 Å². The van der Waals surface area contributed by atoms with Gasteiger partial charge in [0.25, 0.3) is 0 Å². The van der Waals surface area contributed by atoms with Crippen molar-refractivity contribution in [3.05, 3.63) is 17.2 Å². The van der Waals surface area contributed by atoms with E-state index in [9.17, 15) is 9.90 Å². The number of nitrogens with zero attached hydrogens (tertiary/aromatic N) is 2. The van der Waals surface area contributed by atoms with E-state index < -0.39 is 5.97 Å². The fourth-order valence-corrected chi connectivity index (χ4v) is 2.57. The van der Waals surface area contributed by atoms with Crippen molar-refractivity contribution in [3.63, 3.8) is 0 Å². The lowest BCUT2D eigenvalue weighted by atomic mass is 9.91. The molecule has 1 aliphatic rings. The average molecular weight is 250 g/mol. The lowest BCUT2D eigenvalue weighted by Gasteiger charge is -2.24. The second kappa shape index (κ2) is 4.41. The summed E-state index contributed by atoms with van der Waals surface area (Å²) in [7, 11) is 0. The van der Waals surface area contributed by atoms with Crippen molar-refractivity contribution in [2.24, 2.45) is 11.3 Å². The predicted molar refractivity (Wildman–Crippen MR) is 69.8 cm³/mol. The molecule has 0 radical (unpaired) electrons. The van der Waals surface area contributed by atoms with E-state index in [1.165, 1.54) is 0 Å². The zero-order valence-electron chi connectivity index (χ0n) is 11.7. The highest BCUT2D eigenvalue weighted by atomic mass is 16.4. The summed E-state index contributed by atoms with van der Waals surface area (Å²) >= 11 is 0. The minimum atomic E-state index is -0.895. The van der Waals surface area contributed by atoms with Gasteiger partial charge in [0.05, 0.1) is 5.69 Å². The van der Waals surface area contributed by atoms with Crippen LogP contribution >= 0.6 is 0 Å². The minimum absolute atomic E-state index is 0.126. The first-order valence-corrected chi connectivity index (χ1v) is 6.59. The van der Waals surface area contributed by atoms with Gasteiger partial charge in [-0.25, -0.2) is 9.78 Å². The van der Waals surface area contributed by atoms with Crippen LogP contribution in [0.5, 0.6) is 0 Å². The van der Waals surface area contributed by atoms with E-state index in [1.807, 2.05) is 0 Å². The molecule has 0 aliphatic carbocycles. The van der Waals surface area contributed by atoms with Gasteiger partial charge in [-0.05, 0) is 24.2 Å². The Balaban J connectivity index is 2.43. The molecule has 2 heterocycles. The number of hydrogen-bond acceptors (Lipinski definition) is 2. The molecular weight excluding hydrogens is 228 g/mol. The SMILES string of the molecule is CC1CCn2c(CC(C)(C)C)nc(C(=O)O)c2C1. The van der Waals surface area contributed by atoms with Crippen molar-refractivity contribution < 1.29 is 9.90 Å². The van der Waals surface area contributed by atoms with Crippen LogP contribution in [0.3, 0.4) is 0 Å². The number of carboxylic acid groups (broad SMARTS) is 1. The Morgan fingerprint density at radius 2 is 2.17 bits per heavy atom. The highest BCUT2D eigenvalue weighted by molar-refractivity contribution is 5.87. The quantitative estimate of drug-likeness (QED) is 0.878. The van der Waals surface area contributed by atoms with Crippen molar-refractivity contribution in [1.29, 1.82) is 0 Å². The second-order valence-electron chi connectivity index (χ2n) is 6.62. The lowest BCUT2D eigenvalue weighted by Crippen LogP contribution is -2.21. The Labute approximate surface area is 108 Å². The van der Waals surface area contributed by atoms with Crippen LogP contribution in [0.1, 0.15) is 56.1 Å². The molecule has 0 aromatic carbocycles. The Morgan fingerprint density at radius 1 is 1.50 bits per heavy atom. The number of rotatable bonds is 2. The summed E-state index contributed by atoms with van der Waals surface area (Å²) in [5.74, 6) is 0.588. The summed E-state index contributed by atoms with van der Waals surface area (Å²) in [6, 6.07) is 0. The molecule has 1 aliphatic heterocycles. The molecule has 1 atom stereocenters. The molecule has 1 aromatic heterocycles. The van der Waals surface area contributed by atoms with Gasteiger partial charge in [-0.1, -0.05) is 27.7 Å². The largest absolute Gasteiger partial charge is 0.476 e. The lowest BCUT2D eigenvalue weighted by molar-refractivity contribution is 0.0688. The van der Waals surface area contributed by atoms with Gasteiger partial charge < -0.3 is 9.67 Å². The molecule has 0 fully saturated rings. The molecule has 0 bridgehead atoms. The Hall–Kier alpha value is -1.32. The van der Waals surface area contributed by atoms with E-state index in [2.05, 4.69) is 37.2 Å². The van der Waals surface area contributed by atoms with Gasteiger partial charge in [0.15, 0.2) is 5.69 Å². The standard InChI is InChI=1S/C14H22N2O2/c1-9-5-6-16-10(7-9)12(13(17)18)15-11(16)8-14(2,3)4/h9H,5-8H2,1-4H3,(H,17,18). The molecule has 4 heteroatoms. The monoisotopic (exact) mass is 250 g/mol. The van der Waals surface area contributed by atoms with Crippen molar-refractivity contribution >= 4 is 5.97 Å². The maximum Gasteiger partial charge on any atom is 0.356 e. The molecule has 1 aromatic rings. The number of imidazole rings is 1. The number of carbonyl (C=O) groups is 1. The minimum Gasteiger partial charge on any atom is -0.476 e. The maximum absolute atomic E-state index is 11.3. The number of fused-ring (bicyclic) bond motifs is 1. The van der Waals surface area contributed by atoms with Crippen LogP contribution in [0.4, 0.5) is 0 Å². The number of hydrogen-bond donors (Lipinski definition) is 1. The Kier molecular flexibility index (Phi) is 3.21. The molecule has 1 unspecified atom stereocenters. The van der Waals surface area contributed by atoms with Crippen LogP contribution in [0.15, 0.2) is 0 Å². The van der Waals surface area contributed by atoms with Crippen LogP contribution in [-0.4, -0.2) is 20.6 Å². The first-order chi connectivity index (χ1) is 8.28. The van der Waals surface area contributed by atoms with Gasteiger partial charge in [-0.3, -0.25) is 0 Å². The van der Waals surface area contributed by atoms with Crippen LogP contribution in [0, 0.1) is 11.3 Å². The van der Waals surface area contributed by atoms with Gasteiger partial charge in [-0.2, -0.15) is 0 Å². The predicted octanol–water partition coefficient (Wildman–Crippen LogP) is 2.75. The van der Waals surface area contributed by atoms with Gasteiger partial charge >= 0.3 is 5.97 Å². The zero-order valence-corrected chi connectivity index (χ0v) is 11.7. The maximum atomic E-state index is 11.3. The van der Waals surface area contributed by atoms with Gasteiger partial charge in [0, 0.05) is 13.0 Å². The molecular formula is C14H22N2O2. The van der Waals surface area contributed by atoms with Crippen LogP contribution in [-0.2, 0) is 19.4 Å². The van der Waals surface area contributed by atoms with Crippen molar-refractivity contribution in [1.82, 2.24) is 9.55 Å². The number of carboxylic acids is 1. The van der Waals surface area contributed by atoms with Gasteiger partial charge in [0.2, 0.25) is 0 Å². The third-order valence-electron chi connectivity index (χ3n) is 3.43. The van der Waals surface area contributed by atoms with E-state index in [1.54, 1.807) is 0 Å². The zero-order chi connectivity index (χ0) is 13.5. The molecule has 2 rings (SSSR count). The molecule has 1 N–H and O–H groups in total. The van der Waals surface area contributed by atoms with Crippen LogP contribution in [0.25, 0.3) is 0 Å². The molecule has 100 valence electrons. The molecule has 0 saturated carbocycles. The number of aromatic carboxylic acids is 1. The third kappa shape index (κ3) is 2.57. The molecule has 4 nitrogen and oxygen atoms in total. The first-order valence-electron chi connectivity index (χ1n) is 6.59. The average Bonchev–Trinajstić information content (AvgIpc) is 2.54. The van der Waals surface area contributed by atoms with Crippen molar-refractivity contribution in [3.8, 4) is 0 Å². The van der Waals surface area contributed by atoms with E-state index in [0.717, 1.165) is 37.3 Å². The van der Waals surface area contributed by atoms with Crippen molar-refractivity contribution in [2.75, 3.05) is 0 Å². The normalized spacial score (nSPS) is 19.7.